The van der Waals surface area contributed by atoms with Crippen LogP contribution < -0.4 is 10.2 Å². The average molecular weight is 368 g/mol. The molecule has 21 heavy (non-hydrogen) atoms. The predicted octanol–water partition coefficient (Wildman–Crippen LogP) is 4.43. The SMILES string of the molecule is CN(Cc1cscn1)c1cc(Br)ccc1CNC(C)(C)C. The summed E-state index contributed by atoms with van der Waals surface area (Å²) < 4.78 is 1.10. The van der Waals surface area contributed by atoms with Gasteiger partial charge >= 0.3 is 0 Å². The van der Waals surface area contributed by atoms with Gasteiger partial charge in [0.15, 0.2) is 0 Å². The lowest BCUT2D eigenvalue weighted by atomic mass is 10.1. The summed E-state index contributed by atoms with van der Waals surface area (Å²) in [5, 5.41) is 5.65. The van der Waals surface area contributed by atoms with Crippen molar-refractivity contribution in [3.8, 4) is 0 Å². The van der Waals surface area contributed by atoms with E-state index in [1.54, 1.807) is 11.3 Å². The number of hydrogen-bond donors (Lipinski definition) is 1. The molecule has 0 fully saturated rings. The van der Waals surface area contributed by atoms with Gasteiger partial charge in [0.2, 0.25) is 0 Å². The number of halogens is 1. The molecular formula is C16H22BrN3S. The number of aromatic nitrogens is 1. The molecule has 3 nitrogen and oxygen atoms in total. The van der Waals surface area contributed by atoms with Crippen LogP contribution in [0.15, 0.2) is 33.6 Å². The summed E-state index contributed by atoms with van der Waals surface area (Å²) in [6.07, 6.45) is 0. The highest BCUT2D eigenvalue weighted by molar-refractivity contribution is 9.10. The number of thiazole rings is 1. The first-order valence-electron chi connectivity index (χ1n) is 6.97. The topological polar surface area (TPSA) is 28.2 Å². The van der Waals surface area contributed by atoms with Gasteiger partial charge in [0, 0.05) is 34.7 Å². The number of anilines is 1. The summed E-state index contributed by atoms with van der Waals surface area (Å²) in [5.74, 6) is 0. The van der Waals surface area contributed by atoms with Crippen LogP contribution in [-0.4, -0.2) is 17.6 Å². The Labute approximate surface area is 139 Å². The van der Waals surface area contributed by atoms with Crippen molar-refractivity contribution < 1.29 is 0 Å². The van der Waals surface area contributed by atoms with Gasteiger partial charge in [0.25, 0.3) is 0 Å². The van der Waals surface area contributed by atoms with Crippen LogP contribution in [0.25, 0.3) is 0 Å². The first kappa shape index (κ1) is 16.5. The van der Waals surface area contributed by atoms with Gasteiger partial charge in [-0.3, -0.25) is 0 Å². The van der Waals surface area contributed by atoms with Crippen LogP contribution in [0.5, 0.6) is 0 Å². The normalized spacial score (nSPS) is 11.7. The van der Waals surface area contributed by atoms with Crippen molar-refractivity contribution in [3.63, 3.8) is 0 Å². The van der Waals surface area contributed by atoms with E-state index in [0.29, 0.717) is 0 Å². The number of hydrogen-bond acceptors (Lipinski definition) is 4. The van der Waals surface area contributed by atoms with Gasteiger partial charge in [-0.2, -0.15) is 0 Å². The van der Waals surface area contributed by atoms with Gasteiger partial charge in [-0.05, 0) is 38.5 Å². The Kier molecular flexibility index (Phi) is 5.41. The molecule has 0 aliphatic carbocycles. The second-order valence-corrected chi connectivity index (χ2v) is 7.85. The van der Waals surface area contributed by atoms with Crippen molar-refractivity contribution in [2.75, 3.05) is 11.9 Å². The lowest BCUT2D eigenvalue weighted by Gasteiger charge is -2.25. The van der Waals surface area contributed by atoms with Crippen molar-refractivity contribution in [2.45, 2.75) is 39.4 Å². The van der Waals surface area contributed by atoms with Crippen molar-refractivity contribution in [3.05, 3.63) is 44.8 Å². The zero-order chi connectivity index (χ0) is 15.5. The van der Waals surface area contributed by atoms with E-state index in [1.165, 1.54) is 11.3 Å². The molecule has 0 saturated carbocycles. The minimum atomic E-state index is 0.109. The number of rotatable bonds is 5. The second-order valence-electron chi connectivity index (χ2n) is 6.21. The molecule has 1 aromatic heterocycles. The first-order valence-corrected chi connectivity index (χ1v) is 8.70. The Morgan fingerprint density at radius 3 is 2.71 bits per heavy atom. The summed E-state index contributed by atoms with van der Waals surface area (Å²) in [6, 6.07) is 6.45. The van der Waals surface area contributed by atoms with Crippen molar-refractivity contribution in [1.82, 2.24) is 10.3 Å². The highest BCUT2D eigenvalue weighted by Crippen LogP contribution is 2.26. The zero-order valence-corrected chi connectivity index (χ0v) is 15.4. The molecule has 0 saturated heterocycles. The van der Waals surface area contributed by atoms with E-state index in [4.69, 9.17) is 0 Å². The molecule has 0 amide bonds. The Balaban J connectivity index is 2.18. The van der Waals surface area contributed by atoms with E-state index in [-0.39, 0.29) is 5.54 Å². The van der Waals surface area contributed by atoms with Crippen LogP contribution in [0.2, 0.25) is 0 Å². The minimum absolute atomic E-state index is 0.109. The molecule has 0 spiro atoms. The molecule has 1 aromatic carbocycles. The van der Waals surface area contributed by atoms with Gasteiger partial charge in [0.05, 0.1) is 17.7 Å². The lowest BCUT2D eigenvalue weighted by molar-refractivity contribution is 0.424. The minimum Gasteiger partial charge on any atom is -0.368 e. The number of nitrogens with one attached hydrogen (secondary N) is 1. The van der Waals surface area contributed by atoms with Crippen LogP contribution in [0.1, 0.15) is 32.0 Å². The predicted molar refractivity (Wildman–Crippen MR) is 95.0 cm³/mol. The third kappa shape index (κ3) is 5.09. The fraction of sp³-hybridized carbons (Fsp3) is 0.438. The fourth-order valence-electron chi connectivity index (χ4n) is 2.05. The van der Waals surface area contributed by atoms with Gasteiger partial charge in [-0.25, -0.2) is 4.98 Å². The van der Waals surface area contributed by atoms with E-state index in [1.807, 2.05) is 5.51 Å². The molecule has 2 aromatic rings. The van der Waals surface area contributed by atoms with Crippen molar-refractivity contribution in [2.24, 2.45) is 0 Å². The Morgan fingerprint density at radius 1 is 1.33 bits per heavy atom. The summed E-state index contributed by atoms with van der Waals surface area (Å²) in [6.45, 7) is 8.23. The Bertz CT molecular complexity index is 576. The molecule has 2 rings (SSSR count). The number of benzene rings is 1. The largest absolute Gasteiger partial charge is 0.368 e. The fourth-order valence-corrected chi connectivity index (χ4v) is 2.94. The van der Waals surface area contributed by atoms with Crippen molar-refractivity contribution in [1.29, 1.82) is 0 Å². The van der Waals surface area contributed by atoms with E-state index in [0.717, 1.165) is 23.3 Å². The van der Waals surface area contributed by atoms with Crippen molar-refractivity contribution >= 4 is 33.0 Å². The van der Waals surface area contributed by atoms with E-state index >= 15 is 0 Å². The van der Waals surface area contributed by atoms with E-state index < -0.39 is 0 Å². The molecule has 1 N–H and O–H groups in total. The van der Waals surface area contributed by atoms with E-state index in [2.05, 4.69) is 82.5 Å². The third-order valence-electron chi connectivity index (χ3n) is 3.15. The smallest absolute Gasteiger partial charge is 0.0795 e. The summed E-state index contributed by atoms with van der Waals surface area (Å²) in [4.78, 5) is 6.62. The molecular weight excluding hydrogens is 346 g/mol. The summed E-state index contributed by atoms with van der Waals surface area (Å²) in [5.41, 5.74) is 5.63. The summed E-state index contributed by atoms with van der Waals surface area (Å²) >= 11 is 5.21. The van der Waals surface area contributed by atoms with E-state index in [9.17, 15) is 0 Å². The number of nitrogens with zero attached hydrogens (tertiary/aromatic N) is 2. The van der Waals surface area contributed by atoms with Gasteiger partial charge < -0.3 is 10.2 Å². The highest BCUT2D eigenvalue weighted by Gasteiger charge is 2.13. The molecule has 5 heteroatoms. The molecule has 114 valence electrons. The molecule has 0 unspecified atom stereocenters. The van der Waals surface area contributed by atoms with Gasteiger partial charge in [-0.15, -0.1) is 11.3 Å². The monoisotopic (exact) mass is 367 g/mol. The van der Waals surface area contributed by atoms with Crippen LogP contribution in [0.3, 0.4) is 0 Å². The molecule has 0 bridgehead atoms. The molecule has 1 heterocycles. The second kappa shape index (κ2) is 6.90. The Morgan fingerprint density at radius 2 is 2.10 bits per heavy atom. The Hall–Kier alpha value is -0.910. The van der Waals surface area contributed by atoms with Crippen LogP contribution in [0.4, 0.5) is 5.69 Å². The van der Waals surface area contributed by atoms with Crippen LogP contribution in [0, 0.1) is 0 Å². The first-order chi connectivity index (χ1) is 9.85. The maximum Gasteiger partial charge on any atom is 0.0795 e. The lowest BCUT2D eigenvalue weighted by Crippen LogP contribution is -2.35. The third-order valence-corrected chi connectivity index (χ3v) is 4.28. The van der Waals surface area contributed by atoms with Gasteiger partial charge in [0.1, 0.15) is 0 Å². The van der Waals surface area contributed by atoms with Crippen LogP contribution in [-0.2, 0) is 13.1 Å². The van der Waals surface area contributed by atoms with Gasteiger partial charge in [-0.1, -0.05) is 22.0 Å². The molecule has 0 aliphatic heterocycles. The maximum atomic E-state index is 4.37. The highest BCUT2D eigenvalue weighted by atomic mass is 79.9. The maximum absolute atomic E-state index is 4.37. The van der Waals surface area contributed by atoms with Crippen LogP contribution >= 0.6 is 27.3 Å². The summed E-state index contributed by atoms with van der Waals surface area (Å²) in [7, 11) is 2.11. The average Bonchev–Trinajstić information content (AvgIpc) is 2.89. The molecule has 0 aliphatic rings. The zero-order valence-electron chi connectivity index (χ0n) is 13.0. The quantitative estimate of drug-likeness (QED) is 0.846. The standard InChI is InChI=1S/C16H22BrN3S/c1-16(2,3)19-8-12-5-6-13(17)7-15(12)20(4)9-14-10-21-11-18-14/h5-7,10-11,19H,8-9H2,1-4H3. The molecule has 0 atom stereocenters. The molecule has 0 radical (unpaired) electrons.